The van der Waals surface area contributed by atoms with Gasteiger partial charge in [0.1, 0.15) is 17.2 Å². The standard InChI is InChI=1S/C34H52N6O4/c1-24(2)22-40(32(42)29-21-37-33(34(3,4)5)38-30(29)36-13-10-15-43-6)27-18-26(19-35-20-27)31(41)39-14-16-44-28(23-39)17-25-11-8-7-9-12-25/h7-9,11-12,21,24,26-28,35H,10,13-20,22-23H2,1-6H3,(H,36,37,38)/t26-,27+,28?/m1/s1. The maximum atomic E-state index is 14.3. The van der Waals surface area contributed by atoms with E-state index in [0.29, 0.717) is 76.1 Å². The molecule has 2 amide bonds. The molecule has 3 atom stereocenters. The summed E-state index contributed by atoms with van der Waals surface area (Å²) in [7, 11) is 1.68. The van der Waals surface area contributed by atoms with Crippen molar-refractivity contribution in [3.8, 4) is 0 Å². The van der Waals surface area contributed by atoms with Crippen LogP contribution in [-0.4, -0.2) is 103 Å². The molecule has 0 radical (unpaired) electrons. The number of aromatic nitrogens is 2. The summed E-state index contributed by atoms with van der Waals surface area (Å²) in [4.78, 5) is 41.4. The molecule has 1 unspecified atom stereocenters. The van der Waals surface area contributed by atoms with Crippen molar-refractivity contribution >= 4 is 17.6 Å². The zero-order valence-corrected chi connectivity index (χ0v) is 27.5. The summed E-state index contributed by atoms with van der Waals surface area (Å²) >= 11 is 0. The van der Waals surface area contributed by atoms with E-state index in [2.05, 4.69) is 62.4 Å². The van der Waals surface area contributed by atoms with Gasteiger partial charge in [0.2, 0.25) is 5.91 Å². The van der Waals surface area contributed by atoms with Crippen LogP contribution in [0.3, 0.4) is 0 Å². The molecule has 242 valence electrons. The third-order valence-electron chi connectivity index (χ3n) is 8.20. The minimum Gasteiger partial charge on any atom is -0.385 e. The van der Waals surface area contributed by atoms with E-state index in [4.69, 9.17) is 14.5 Å². The van der Waals surface area contributed by atoms with Gasteiger partial charge in [-0.25, -0.2) is 9.97 Å². The lowest BCUT2D eigenvalue weighted by atomic mass is 9.92. The predicted octanol–water partition coefficient (Wildman–Crippen LogP) is 3.77. The highest BCUT2D eigenvalue weighted by atomic mass is 16.5. The SMILES string of the molecule is COCCCNc1nc(C(C)(C)C)ncc1C(=O)N(CC(C)C)[C@@H]1CNC[C@H](C(=O)N2CCOC(Cc3ccccc3)C2)C1. The Labute approximate surface area is 263 Å². The molecule has 2 aliphatic heterocycles. The Morgan fingerprint density at radius 1 is 1.20 bits per heavy atom. The van der Waals surface area contributed by atoms with E-state index in [1.54, 1.807) is 13.3 Å². The average Bonchev–Trinajstić information content (AvgIpc) is 3.01. The van der Waals surface area contributed by atoms with Crippen LogP contribution in [0.4, 0.5) is 5.82 Å². The Balaban J connectivity index is 1.49. The van der Waals surface area contributed by atoms with Gasteiger partial charge in [-0.3, -0.25) is 9.59 Å². The lowest BCUT2D eigenvalue weighted by Gasteiger charge is -2.41. The molecule has 2 saturated heterocycles. The van der Waals surface area contributed by atoms with E-state index in [9.17, 15) is 9.59 Å². The highest BCUT2D eigenvalue weighted by molar-refractivity contribution is 5.98. The van der Waals surface area contributed by atoms with Crippen LogP contribution < -0.4 is 10.6 Å². The first-order chi connectivity index (χ1) is 21.1. The maximum absolute atomic E-state index is 14.3. The molecule has 4 rings (SSSR count). The molecule has 2 N–H and O–H groups in total. The second-order valence-electron chi connectivity index (χ2n) is 13.5. The maximum Gasteiger partial charge on any atom is 0.259 e. The third kappa shape index (κ3) is 9.22. The van der Waals surface area contributed by atoms with Crippen LogP contribution in [0.1, 0.15) is 69.2 Å². The Bertz CT molecular complexity index is 1220. The highest BCUT2D eigenvalue weighted by Gasteiger charge is 2.37. The number of nitrogens with zero attached hydrogens (tertiary/aromatic N) is 4. The van der Waals surface area contributed by atoms with Crippen molar-refractivity contribution in [2.24, 2.45) is 11.8 Å². The van der Waals surface area contributed by atoms with Gasteiger partial charge in [0.25, 0.3) is 5.91 Å². The Hall–Kier alpha value is -3.08. The molecule has 0 saturated carbocycles. The number of carbonyl (C=O) groups is 2. The van der Waals surface area contributed by atoms with Gasteiger partial charge >= 0.3 is 0 Å². The summed E-state index contributed by atoms with van der Waals surface area (Å²) < 4.78 is 11.2. The van der Waals surface area contributed by atoms with Gasteiger partial charge in [0.05, 0.1) is 18.6 Å². The van der Waals surface area contributed by atoms with Crippen molar-refractivity contribution in [2.45, 2.75) is 71.4 Å². The van der Waals surface area contributed by atoms with E-state index in [-0.39, 0.29) is 41.2 Å². The first kappa shape index (κ1) is 33.8. The number of piperidine rings is 1. The molecule has 10 nitrogen and oxygen atoms in total. The smallest absolute Gasteiger partial charge is 0.259 e. The number of nitrogens with one attached hydrogen (secondary N) is 2. The Kier molecular flexibility index (Phi) is 12.1. The number of carbonyl (C=O) groups excluding carboxylic acids is 2. The number of morpholine rings is 1. The quantitative estimate of drug-likeness (QED) is 0.351. The molecule has 3 heterocycles. The van der Waals surface area contributed by atoms with Gasteiger partial charge in [-0.2, -0.15) is 0 Å². The molecule has 2 fully saturated rings. The molecular formula is C34H52N6O4. The zero-order valence-electron chi connectivity index (χ0n) is 27.5. The molecule has 2 aromatic rings. The minimum atomic E-state index is -0.261. The first-order valence-electron chi connectivity index (χ1n) is 16.1. The number of anilines is 1. The number of amides is 2. The number of rotatable bonds is 12. The summed E-state index contributed by atoms with van der Waals surface area (Å²) in [5, 5.41) is 6.85. The topological polar surface area (TPSA) is 109 Å². The van der Waals surface area contributed by atoms with Crippen molar-refractivity contribution in [1.82, 2.24) is 25.1 Å². The van der Waals surface area contributed by atoms with Gasteiger partial charge in [-0.1, -0.05) is 65.0 Å². The van der Waals surface area contributed by atoms with Crippen LogP contribution in [-0.2, 0) is 26.1 Å². The van der Waals surface area contributed by atoms with Crippen molar-refractivity contribution in [1.29, 1.82) is 0 Å². The van der Waals surface area contributed by atoms with E-state index in [0.717, 1.165) is 12.8 Å². The molecule has 1 aromatic carbocycles. The normalized spacial score (nSPS) is 20.9. The second-order valence-corrected chi connectivity index (χ2v) is 13.5. The van der Waals surface area contributed by atoms with E-state index < -0.39 is 0 Å². The molecule has 2 aliphatic rings. The lowest BCUT2D eigenvalue weighted by molar-refractivity contribution is -0.144. The molecule has 0 aliphatic carbocycles. The van der Waals surface area contributed by atoms with Crippen molar-refractivity contribution in [2.75, 3.05) is 64.9 Å². The summed E-state index contributed by atoms with van der Waals surface area (Å²) in [6.45, 7) is 15.2. The molecule has 10 heteroatoms. The fourth-order valence-electron chi connectivity index (χ4n) is 5.93. The number of ether oxygens (including phenoxy) is 2. The van der Waals surface area contributed by atoms with Crippen molar-refractivity contribution < 1.29 is 19.1 Å². The predicted molar refractivity (Wildman–Crippen MR) is 173 cm³/mol. The fourth-order valence-corrected chi connectivity index (χ4v) is 5.93. The molecule has 44 heavy (non-hydrogen) atoms. The molecular weight excluding hydrogens is 556 g/mol. The Morgan fingerprint density at radius 2 is 1.98 bits per heavy atom. The first-order valence-corrected chi connectivity index (χ1v) is 16.1. The third-order valence-corrected chi connectivity index (χ3v) is 8.20. The number of hydrogen-bond donors (Lipinski definition) is 2. The fraction of sp³-hybridized carbons (Fsp3) is 0.647. The second kappa shape index (κ2) is 15.8. The van der Waals surface area contributed by atoms with Crippen LogP contribution in [0.5, 0.6) is 0 Å². The van der Waals surface area contributed by atoms with Crippen molar-refractivity contribution in [3.63, 3.8) is 0 Å². The monoisotopic (exact) mass is 608 g/mol. The lowest BCUT2D eigenvalue weighted by Crippen LogP contribution is -2.56. The zero-order chi connectivity index (χ0) is 31.7. The average molecular weight is 609 g/mol. The van der Waals surface area contributed by atoms with Crippen LogP contribution in [0.2, 0.25) is 0 Å². The van der Waals surface area contributed by atoms with Gasteiger partial charge in [0.15, 0.2) is 0 Å². The summed E-state index contributed by atoms with van der Waals surface area (Å²) in [6, 6.07) is 10.1. The minimum absolute atomic E-state index is 0.0210. The van der Waals surface area contributed by atoms with Crippen LogP contribution in [0, 0.1) is 11.8 Å². The van der Waals surface area contributed by atoms with Gasteiger partial charge < -0.3 is 29.9 Å². The van der Waals surface area contributed by atoms with Crippen LogP contribution in [0.15, 0.2) is 36.5 Å². The van der Waals surface area contributed by atoms with E-state index in [1.807, 2.05) is 28.0 Å². The summed E-state index contributed by atoms with van der Waals surface area (Å²) in [6.07, 6.45) is 3.83. The van der Waals surface area contributed by atoms with Crippen LogP contribution in [0.25, 0.3) is 0 Å². The van der Waals surface area contributed by atoms with Gasteiger partial charge in [-0.15, -0.1) is 0 Å². The van der Waals surface area contributed by atoms with Crippen LogP contribution >= 0.6 is 0 Å². The summed E-state index contributed by atoms with van der Waals surface area (Å²) in [5.41, 5.74) is 1.41. The largest absolute Gasteiger partial charge is 0.385 e. The molecule has 1 aromatic heterocycles. The Morgan fingerprint density at radius 3 is 2.68 bits per heavy atom. The number of benzene rings is 1. The van der Waals surface area contributed by atoms with Gasteiger partial charge in [-0.05, 0) is 24.3 Å². The van der Waals surface area contributed by atoms with E-state index in [1.165, 1.54) is 5.56 Å². The number of hydrogen-bond acceptors (Lipinski definition) is 8. The van der Waals surface area contributed by atoms with Crippen molar-refractivity contribution in [3.05, 3.63) is 53.5 Å². The highest BCUT2D eigenvalue weighted by Crippen LogP contribution is 2.26. The van der Waals surface area contributed by atoms with E-state index >= 15 is 0 Å². The molecule has 0 spiro atoms. The summed E-state index contributed by atoms with van der Waals surface area (Å²) in [5.74, 6) is 1.30. The van der Waals surface area contributed by atoms with Gasteiger partial charge in [0, 0.05) is 77.1 Å². The molecule has 0 bridgehead atoms. The number of methoxy groups -OCH3 is 1.